The molecule has 0 saturated carbocycles. The number of rotatable bonds is 7. The van der Waals surface area contributed by atoms with Crippen molar-refractivity contribution >= 4 is 12.2 Å². The molecule has 0 atom stereocenters. The molecule has 0 heterocycles. The van der Waals surface area contributed by atoms with E-state index in [2.05, 4.69) is 4.90 Å². The summed E-state index contributed by atoms with van der Waals surface area (Å²) in [5.74, 6) is 1.05. The van der Waals surface area contributed by atoms with Gasteiger partial charge in [0.05, 0.1) is 14.2 Å². The summed E-state index contributed by atoms with van der Waals surface area (Å²) in [6.07, 6.45) is 4.48. The van der Waals surface area contributed by atoms with Crippen LogP contribution in [0.5, 0.6) is 23.0 Å². The Morgan fingerprint density at radius 1 is 0.960 bits per heavy atom. The van der Waals surface area contributed by atoms with Crippen LogP contribution in [0.25, 0.3) is 12.2 Å². The van der Waals surface area contributed by atoms with Crippen LogP contribution in [0.1, 0.15) is 16.7 Å². The average Bonchev–Trinajstić information content (AvgIpc) is 2.59. The summed E-state index contributed by atoms with van der Waals surface area (Å²) in [7, 11) is 7.07. The van der Waals surface area contributed by atoms with Gasteiger partial charge in [0.2, 0.25) is 0 Å². The molecule has 0 aliphatic carbocycles. The van der Waals surface area contributed by atoms with Gasteiger partial charge >= 0.3 is 0 Å². The first-order valence-electron chi connectivity index (χ1n) is 8.05. The second-order valence-corrected chi connectivity index (χ2v) is 6.01. The topological polar surface area (TPSA) is 62.2 Å². The van der Waals surface area contributed by atoms with E-state index in [1.807, 2.05) is 38.4 Å². The van der Waals surface area contributed by atoms with Crippen LogP contribution in [-0.4, -0.2) is 50.0 Å². The van der Waals surface area contributed by atoms with Crippen molar-refractivity contribution in [2.75, 3.05) is 34.9 Å². The Balaban J connectivity index is 2.36. The number of benzene rings is 2. The Morgan fingerprint density at radius 2 is 1.64 bits per heavy atom. The standard InChI is InChI=1S/C20H25NO4/c1-21(2)12-11-15-7-10-19(25-4)20(23)16(15)8-5-14-6-9-18(24-3)17(22)13-14/h5-10,13,22-23H,11-12H2,1-4H3/b8-5+. The Morgan fingerprint density at radius 3 is 2.24 bits per heavy atom. The number of phenols is 2. The molecule has 5 heteroatoms. The summed E-state index contributed by atoms with van der Waals surface area (Å²) in [5, 5.41) is 20.4. The van der Waals surface area contributed by atoms with E-state index in [1.54, 1.807) is 18.2 Å². The van der Waals surface area contributed by atoms with Gasteiger partial charge in [-0.25, -0.2) is 0 Å². The van der Waals surface area contributed by atoms with Gasteiger partial charge < -0.3 is 24.6 Å². The number of ether oxygens (including phenoxy) is 2. The van der Waals surface area contributed by atoms with E-state index >= 15 is 0 Å². The Kier molecular flexibility index (Phi) is 6.31. The number of phenolic OH excluding ortho intramolecular Hbond substituents is 2. The lowest BCUT2D eigenvalue weighted by Gasteiger charge is -2.14. The van der Waals surface area contributed by atoms with Gasteiger partial charge in [0.15, 0.2) is 23.0 Å². The van der Waals surface area contributed by atoms with Crippen LogP contribution >= 0.6 is 0 Å². The summed E-state index contributed by atoms with van der Waals surface area (Å²) in [5.41, 5.74) is 2.55. The summed E-state index contributed by atoms with van der Waals surface area (Å²) in [6, 6.07) is 8.90. The molecule has 0 aromatic heterocycles. The first-order chi connectivity index (χ1) is 12.0. The monoisotopic (exact) mass is 343 g/mol. The molecule has 0 aliphatic rings. The predicted molar refractivity (Wildman–Crippen MR) is 101 cm³/mol. The van der Waals surface area contributed by atoms with Crippen LogP contribution in [0.2, 0.25) is 0 Å². The SMILES string of the molecule is COc1ccc(/C=C/c2c(CCN(C)C)ccc(OC)c2O)cc1O. The predicted octanol–water partition coefficient (Wildman–Crippen LogP) is 3.39. The fourth-order valence-corrected chi connectivity index (χ4v) is 2.53. The minimum Gasteiger partial charge on any atom is -0.504 e. The van der Waals surface area contributed by atoms with E-state index in [1.165, 1.54) is 14.2 Å². The van der Waals surface area contributed by atoms with Crippen molar-refractivity contribution in [2.24, 2.45) is 0 Å². The number of aromatic hydroxyl groups is 2. The van der Waals surface area contributed by atoms with Crippen molar-refractivity contribution in [1.82, 2.24) is 4.90 Å². The van der Waals surface area contributed by atoms with Crippen LogP contribution < -0.4 is 9.47 Å². The zero-order chi connectivity index (χ0) is 18.4. The van der Waals surface area contributed by atoms with Crippen molar-refractivity contribution in [3.05, 3.63) is 47.0 Å². The molecule has 2 N–H and O–H groups in total. The summed E-state index contributed by atoms with van der Waals surface area (Å²) in [4.78, 5) is 2.09. The molecule has 5 nitrogen and oxygen atoms in total. The lowest BCUT2D eigenvalue weighted by atomic mass is 10.0. The lowest BCUT2D eigenvalue weighted by molar-refractivity contribution is 0.371. The van der Waals surface area contributed by atoms with E-state index in [0.29, 0.717) is 11.5 Å². The minimum absolute atomic E-state index is 0.0762. The highest BCUT2D eigenvalue weighted by Crippen LogP contribution is 2.34. The molecular formula is C20H25NO4. The molecule has 0 fully saturated rings. The van der Waals surface area contributed by atoms with Crippen LogP contribution in [-0.2, 0) is 6.42 Å². The maximum absolute atomic E-state index is 10.5. The third-order valence-electron chi connectivity index (χ3n) is 3.96. The second-order valence-electron chi connectivity index (χ2n) is 6.01. The summed E-state index contributed by atoms with van der Waals surface area (Å²) in [6.45, 7) is 0.871. The maximum Gasteiger partial charge on any atom is 0.165 e. The van der Waals surface area contributed by atoms with E-state index < -0.39 is 0 Å². The van der Waals surface area contributed by atoms with E-state index in [0.717, 1.165) is 29.7 Å². The normalized spacial score (nSPS) is 11.2. The van der Waals surface area contributed by atoms with Gasteiger partial charge in [0.25, 0.3) is 0 Å². The molecule has 0 radical (unpaired) electrons. The highest BCUT2D eigenvalue weighted by atomic mass is 16.5. The van der Waals surface area contributed by atoms with Crippen LogP contribution in [0.3, 0.4) is 0 Å². The molecule has 2 aromatic carbocycles. The summed E-state index contributed by atoms with van der Waals surface area (Å²) < 4.78 is 10.3. The Hall–Kier alpha value is -2.66. The smallest absolute Gasteiger partial charge is 0.165 e. The van der Waals surface area contributed by atoms with Gasteiger partial charge in [-0.05, 0) is 49.8 Å². The van der Waals surface area contributed by atoms with Crippen molar-refractivity contribution < 1.29 is 19.7 Å². The highest BCUT2D eigenvalue weighted by Gasteiger charge is 2.11. The Bertz CT molecular complexity index is 754. The number of methoxy groups -OCH3 is 2. The third kappa shape index (κ3) is 4.67. The van der Waals surface area contributed by atoms with Crippen molar-refractivity contribution in [3.63, 3.8) is 0 Å². The van der Waals surface area contributed by atoms with Gasteiger partial charge in [-0.2, -0.15) is 0 Å². The van der Waals surface area contributed by atoms with Gasteiger partial charge in [0, 0.05) is 12.1 Å². The molecule has 0 spiro atoms. The molecule has 0 unspecified atom stereocenters. The van der Waals surface area contributed by atoms with Crippen LogP contribution in [0, 0.1) is 0 Å². The fraction of sp³-hybridized carbons (Fsp3) is 0.300. The molecule has 2 aromatic rings. The fourth-order valence-electron chi connectivity index (χ4n) is 2.53. The van der Waals surface area contributed by atoms with Gasteiger partial charge in [-0.3, -0.25) is 0 Å². The van der Waals surface area contributed by atoms with Gasteiger partial charge in [-0.15, -0.1) is 0 Å². The van der Waals surface area contributed by atoms with Gasteiger partial charge in [-0.1, -0.05) is 24.3 Å². The van der Waals surface area contributed by atoms with Crippen molar-refractivity contribution in [3.8, 4) is 23.0 Å². The molecule has 0 saturated heterocycles. The molecule has 25 heavy (non-hydrogen) atoms. The molecule has 0 amide bonds. The van der Waals surface area contributed by atoms with E-state index in [-0.39, 0.29) is 11.5 Å². The molecule has 134 valence electrons. The quantitative estimate of drug-likeness (QED) is 0.755. The number of hydrogen-bond donors (Lipinski definition) is 2. The Labute approximate surface area is 148 Å². The van der Waals surface area contributed by atoms with Crippen molar-refractivity contribution in [2.45, 2.75) is 6.42 Å². The van der Waals surface area contributed by atoms with E-state index in [9.17, 15) is 10.2 Å². The lowest BCUT2D eigenvalue weighted by Crippen LogP contribution is -2.15. The van der Waals surface area contributed by atoms with Gasteiger partial charge in [0.1, 0.15) is 0 Å². The third-order valence-corrected chi connectivity index (χ3v) is 3.96. The number of hydrogen-bond acceptors (Lipinski definition) is 5. The molecule has 0 aliphatic heterocycles. The second kappa shape index (κ2) is 8.44. The van der Waals surface area contributed by atoms with E-state index in [4.69, 9.17) is 9.47 Å². The molecular weight excluding hydrogens is 318 g/mol. The largest absolute Gasteiger partial charge is 0.504 e. The summed E-state index contributed by atoms with van der Waals surface area (Å²) >= 11 is 0. The molecule has 2 rings (SSSR count). The number of nitrogens with zero attached hydrogens (tertiary/aromatic N) is 1. The van der Waals surface area contributed by atoms with Crippen LogP contribution in [0.15, 0.2) is 30.3 Å². The minimum atomic E-state index is 0.0762. The van der Waals surface area contributed by atoms with Crippen molar-refractivity contribution in [1.29, 1.82) is 0 Å². The zero-order valence-corrected chi connectivity index (χ0v) is 15.1. The first-order valence-corrected chi connectivity index (χ1v) is 8.05. The van der Waals surface area contributed by atoms with Crippen LogP contribution in [0.4, 0.5) is 0 Å². The first kappa shape index (κ1) is 18.7. The zero-order valence-electron chi connectivity index (χ0n) is 15.1. The molecule has 0 bridgehead atoms. The maximum atomic E-state index is 10.5. The highest BCUT2D eigenvalue weighted by molar-refractivity contribution is 5.76. The number of likely N-dealkylation sites (N-methyl/N-ethyl adjacent to an activating group) is 1. The average molecular weight is 343 g/mol.